The fraction of sp³-hybridized carbons (Fsp3) is 0.286. The van der Waals surface area contributed by atoms with Crippen molar-refractivity contribution in [2.45, 2.75) is 13.5 Å². The maximum atomic E-state index is 5.90. The fourth-order valence-corrected chi connectivity index (χ4v) is 2.63. The molecule has 6 heteroatoms. The molecule has 4 nitrogen and oxygen atoms in total. The Kier molecular flexibility index (Phi) is 5.20. The van der Waals surface area contributed by atoms with Crippen LogP contribution in [0.3, 0.4) is 0 Å². The van der Waals surface area contributed by atoms with Crippen LogP contribution in [0.2, 0.25) is 5.02 Å². The lowest BCUT2D eigenvalue weighted by Crippen LogP contribution is -2.19. The van der Waals surface area contributed by atoms with E-state index in [1.807, 2.05) is 38.2 Å². The van der Waals surface area contributed by atoms with Gasteiger partial charge in [0.2, 0.25) is 0 Å². The molecule has 0 saturated heterocycles. The van der Waals surface area contributed by atoms with Crippen LogP contribution in [-0.2, 0) is 6.54 Å². The van der Waals surface area contributed by atoms with Gasteiger partial charge in [0.05, 0.1) is 0 Å². The van der Waals surface area contributed by atoms with Gasteiger partial charge in [0.1, 0.15) is 22.4 Å². The molecule has 1 aromatic heterocycles. The summed E-state index contributed by atoms with van der Waals surface area (Å²) in [5, 5.41) is 3.94. The zero-order valence-electron chi connectivity index (χ0n) is 11.4. The van der Waals surface area contributed by atoms with Crippen LogP contribution >= 0.6 is 27.5 Å². The monoisotopic (exact) mass is 354 g/mol. The summed E-state index contributed by atoms with van der Waals surface area (Å²) in [6.07, 6.45) is 1.57. The Bertz CT molecular complexity index is 574. The van der Waals surface area contributed by atoms with Crippen LogP contribution in [0.15, 0.2) is 35.1 Å². The zero-order chi connectivity index (χ0) is 14.5. The molecular weight excluding hydrogens is 340 g/mol. The Balaban J connectivity index is 2.18. The summed E-state index contributed by atoms with van der Waals surface area (Å²) in [5.41, 5.74) is 1.17. The van der Waals surface area contributed by atoms with Gasteiger partial charge in [-0.2, -0.15) is 0 Å². The van der Waals surface area contributed by atoms with Gasteiger partial charge in [0.25, 0.3) is 0 Å². The summed E-state index contributed by atoms with van der Waals surface area (Å²) in [5.74, 6) is 1.66. The summed E-state index contributed by atoms with van der Waals surface area (Å²) in [4.78, 5) is 10.6. The second-order valence-corrected chi connectivity index (χ2v) is 5.60. The minimum absolute atomic E-state index is 0.744. The van der Waals surface area contributed by atoms with Gasteiger partial charge in [-0.05, 0) is 40.5 Å². The predicted octanol–water partition coefficient (Wildman–Crippen LogP) is 3.96. The minimum atomic E-state index is 0.744. The molecule has 106 valence electrons. The molecule has 0 unspecified atom stereocenters. The normalized spacial score (nSPS) is 10.4. The molecule has 0 fully saturated rings. The largest absolute Gasteiger partial charge is 0.369 e. The van der Waals surface area contributed by atoms with Crippen molar-refractivity contribution < 1.29 is 0 Å². The molecule has 20 heavy (non-hydrogen) atoms. The van der Waals surface area contributed by atoms with E-state index in [-0.39, 0.29) is 0 Å². The summed E-state index contributed by atoms with van der Waals surface area (Å²) in [6, 6.07) is 7.81. The average Bonchev–Trinajstić information content (AvgIpc) is 2.44. The van der Waals surface area contributed by atoms with Gasteiger partial charge in [-0.15, -0.1) is 0 Å². The van der Waals surface area contributed by atoms with Gasteiger partial charge in [-0.1, -0.05) is 23.7 Å². The third-order valence-electron chi connectivity index (χ3n) is 2.81. The maximum Gasteiger partial charge on any atom is 0.148 e. The van der Waals surface area contributed by atoms with E-state index in [4.69, 9.17) is 11.6 Å². The quantitative estimate of drug-likeness (QED) is 0.881. The zero-order valence-corrected chi connectivity index (χ0v) is 13.7. The van der Waals surface area contributed by atoms with Crippen molar-refractivity contribution in [2.24, 2.45) is 0 Å². The third-order valence-corrected chi connectivity index (χ3v) is 3.79. The van der Waals surface area contributed by atoms with Crippen molar-refractivity contribution in [3.05, 3.63) is 45.7 Å². The van der Waals surface area contributed by atoms with Gasteiger partial charge < -0.3 is 10.2 Å². The van der Waals surface area contributed by atoms with E-state index < -0.39 is 0 Å². The molecular formula is C14H16BrClN4. The van der Waals surface area contributed by atoms with Gasteiger partial charge >= 0.3 is 0 Å². The summed E-state index contributed by atoms with van der Waals surface area (Å²) < 4.78 is 0.873. The summed E-state index contributed by atoms with van der Waals surface area (Å²) in [6.45, 7) is 3.60. The molecule has 1 heterocycles. The molecule has 1 N–H and O–H groups in total. The van der Waals surface area contributed by atoms with Crippen LogP contribution in [0, 0.1) is 0 Å². The topological polar surface area (TPSA) is 41.1 Å². The molecule has 0 aliphatic heterocycles. The number of nitrogens with zero attached hydrogens (tertiary/aromatic N) is 3. The first kappa shape index (κ1) is 15.1. The van der Waals surface area contributed by atoms with Gasteiger partial charge in [0.15, 0.2) is 0 Å². The van der Waals surface area contributed by atoms with Crippen LogP contribution < -0.4 is 10.2 Å². The van der Waals surface area contributed by atoms with Crippen LogP contribution in [0.4, 0.5) is 11.6 Å². The van der Waals surface area contributed by atoms with Crippen molar-refractivity contribution in [1.29, 1.82) is 0 Å². The van der Waals surface area contributed by atoms with E-state index in [0.717, 1.165) is 34.2 Å². The average molecular weight is 356 g/mol. The number of hydrogen-bond donors (Lipinski definition) is 1. The van der Waals surface area contributed by atoms with Crippen LogP contribution in [0.25, 0.3) is 0 Å². The number of hydrogen-bond acceptors (Lipinski definition) is 4. The minimum Gasteiger partial charge on any atom is -0.369 e. The second-order valence-electron chi connectivity index (χ2n) is 4.37. The summed E-state index contributed by atoms with van der Waals surface area (Å²) in [7, 11) is 2.00. The standard InChI is InChI=1S/C14H16BrClN4/c1-3-17-13-12(15)14(19-9-18-13)20(2)8-10-4-6-11(16)7-5-10/h4-7,9H,3,8H2,1-2H3,(H,17,18,19). The van der Waals surface area contributed by atoms with Crippen molar-refractivity contribution in [1.82, 2.24) is 9.97 Å². The molecule has 0 saturated carbocycles. The fourth-order valence-electron chi connectivity index (χ4n) is 1.86. The predicted molar refractivity (Wildman–Crippen MR) is 87.5 cm³/mol. The Morgan fingerprint density at radius 1 is 1.25 bits per heavy atom. The smallest absolute Gasteiger partial charge is 0.148 e. The van der Waals surface area contributed by atoms with Gasteiger partial charge in [-0.25, -0.2) is 9.97 Å². The Morgan fingerprint density at radius 2 is 1.95 bits per heavy atom. The molecule has 0 spiro atoms. The highest BCUT2D eigenvalue weighted by Crippen LogP contribution is 2.29. The molecule has 2 aromatic rings. The van der Waals surface area contributed by atoms with E-state index in [9.17, 15) is 0 Å². The molecule has 0 aliphatic rings. The Labute approximate surface area is 132 Å². The maximum absolute atomic E-state index is 5.90. The molecule has 0 amide bonds. The third kappa shape index (κ3) is 3.61. The van der Waals surface area contributed by atoms with Crippen molar-refractivity contribution in [2.75, 3.05) is 23.8 Å². The SMILES string of the molecule is CCNc1ncnc(N(C)Cc2ccc(Cl)cc2)c1Br. The number of anilines is 2. The molecule has 0 bridgehead atoms. The van der Waals surface area contributed by atoms with E-state index in [1.165, 1.54) is 5.56 Å². The number of aromatic nitrogens is 2. The van der Waals surface area contributed by atoms with Gasteiger partial charge in [-0.3, -0.25) is 0 Å². The second kappa shape index (κ2) is 6.90. The molecule has 0 radical (unpaired) electrons. The van der Waals surface area contributed by atoms with Gasteiger partial charge in [0, 0.05) is 25.2 Å². The van der Waals surface area contributed by atoms with Crippen molar-refractivity contribution in [3.63, 3.8) is 0 Å². The van der Waals surface area contributed by atoms with E-state index >= 15 is 0 Å². The van der Waals surface area contributed by atoms with E-state index in [2.05, 4.69) is 36.1 Å². The van der Waals surface area contributed by atoms with E-state index in [1.54, 1.807) is 6.33 Å². The highest BCUT2D eigenvalue weighted by Gasteiger charge is 2.12. The first-order chi connectivity index (χ1) is 9.61. The molecule has 1 aromatic carbocycles. The van der Waals surface area contributed by atoms with E-state index in [0.29, 0.717) is 0 Å². The lowest BCUT2D eigenvalue weighted by molar-refractivity contribution is 0.885. The van der Waals surface area contributed by atoms with Crippen LogP contribution in [-0.4, -0.2) is 23.6 Å². The number of halogens is 2. The highest BCUT2D eigenvalue weighted by molar-refractivity contribution is 9.10. The Hall–Kier alpha value is -1.33. The lowest BCUT2D eigenvalue weighted by atomic mass is 10.2. The molecule has 0 atom stereocenters. The number of rotatable bonds is 5. The number of nitrogens with one attached hydrogen (secondary N) is 1. The van der Waals surface area contributed by atoms with Crippen molar-refractivity contribution in [3.8, 4) is 0 Å². The van der Waals surface area contributed by atoms with Crippen LogP contribution in [0.1, 0.15) is 12.5 Å². The lowest BCUT2D eigenvalue weighted by Gasteiger charge is -2.20. The van der Waals surface area contributed by atoms with Crippen molar-refractivity contribution >= 4 is 39.2 Å². The molecule has 0 aliphatic carbocycles. The molecule has 2 rings (SSSR count). The Morgan fingerprint density at radius 3 is 2.60 bits per heavy atom. The number of benzene rings is 1. The first-order valence-corrected chi connectivity index (χ1v) is 7.49. The summed E-state index contributed by atoms with van der Waals surface area (Å²) >= 11 is 9.45. The highest BCUT2D eigenvalue weighted by atomic mass is 79.9. The van der Waals surface area contributed by atoms with Crippen LogP contribution in [0.5, 0.6) is 0 Å². The first-order valence-electron chi connectivity index (χ1n) is 6.31.